The summed E-state index contributed by atoms with van der Waals surface area (Å²) in [7, 11) is 0. The van der Waals surface area contributed by atoms with E-state index in [0.717, 1.165) is 17.4 Å². The molecule has 2 unspecified atom stereocenters. The zero-order valence-corrected chi connectivity index (χ0v) is 10.2. The van der Waals surface area contributed by atoms with Gasteiger partial charge in [-0.2, -0.15) is 5.26 Å². The Morgan fingerprint density at radius 3 is 2.80 bits per heavy atom. The third kappa shape index (κ3) is 1.87. The maximum absolute atomic E-state index is 8.98. The molecule has 0 N–H and O–H groups in total. The number of anilines is 1. The SMILES string of the molecule is CC1C(C#N)CCN1c1ccccc1Br. The first-order chi connectivity index (χ1) is 7.24. The van der Waals surface area contributed by atoms with Crippen LogP contribution in [0.15, 0.2) is 28.7 Å². The van der Waals surface area contributed by atoms with Gasteiger partial charge >= 0.3 is 0 Å². The number of para-hydroxylation sites is 1. The Morgan fingerprint density at radius 1 is 1.47 bits per heavy atom. The molecule has 15 heavy (non-hydrogen) atoms. The van der Waals surface area contributed by atoms with E-state index >= 15 is 0 Å². The zero-order valence-electron chi connectivity index (χ0n) is 8.65. The lowest BCUT2D eigenvalue weighted by molar-refractivity contribution is 0.615. The summed E-state index contributed by atoms with van der Waals surface area (Å²) < 4.78 is 1.11. The van der Waals surface area contributed by atoms with Gasteiger partial charge in [0, 0.05) is 17.1 Å². The number of halogens is 1. The van der Waals surface area contributed by atoms with Crippen molar-refractivity contribution in [2.45, 2.75) is 19.4 Å². The first-order valence-electron chi connectivity index (χ1n) is 5.15. The number of hydrogen-bond acceptors (Lipinski definition) is 2. The number of nitriles is 1. The maximum atomic E-state index is 8.98. The molecule has 0 aromatic heterocycles. The van der Waals surface area contributed by atoms with Crippen LogP contribution >= 0.6 is 15.9 Å². The molecule has 0 saturated carbocycles. The molecule has 2 nitrogen and oxygen atoms in total. The van der Waals surface area contributed by atoms with Crippen LogP contribution in [0.2, 0.25) is 0 Å². The van der Waals surface area contributed by atoms with Crippen LogP contribution in [0, 0.1) is 17.2 Å². The molecule has 3 heteroatoms. The summed E-state index contributed by atoms with van der Waals surface area (Å²) in [6, 6.07) is 10.9. The summed E-state index contributed by atoms with van der Waals surface area (Å²) >= 11 is 3.55. The van der Waals surface area contributed by atoms with Crippen molar-refractivity contribution in [1.82, 2.24) is 0 Å². The number of benzene rings is 1. The fourth-order valence-corrected chi connectivity index (χ4v) is 2.65. The van der Waals surface area contributed by atoms with Crippen molar-refractivity contribution >= 4 is 21.6 Å². The minimum Gasteiger partial charge on any atom is -0.367 e. The highest BCUT2D eigenvalue weighted by molar-refractivity contribution is 9.10. The van der Waals surface area contributed by atoms with Gasteiger partial charge in [0.05, 0.1) is 17.7 Å². The Morgan fingerprint density at radius 2 is 2.20 bits per heavy atom. The van der Waals surface area contributed by atoms with E-state index in [0.29, 0.717) is 6.04 Å². The Labute approximate surface area is 98.6 Å². The van der Waals surface area contributed by atoms with E-state index in [-0.39, 0.29) is 5.92 Å². The van der Waals surface area contributed by atoms with E-state index in [1.807, 2.05) is 18.2 Å². The van der Waals surface area contributed by atoms with Crippen LogP contribution in [-0.2, 0) is 0 Å². The van der Waals surface area contributed by atoms with E-state index < -0.39 is 0 Å². The molecule has 0 aliphatic carbocycles. The second-order valence-corrected chi connectivity index (χ2v) is 4.76. The second kappa shape index (κ2) is 4.24. The average Bonchev–Trinajstić information content (AvgIpc) is 2.60. The lowest BCUT2D eigenvalue weighted by atomic mass is 10.0. The van der Waals surface area contributed by atoms with E-state index in [4.69, 9.17) is 5.26 Å². The minimum atomic E-state index is 0.164. The predicted octanol–water partition coefficient (Wildman–Crippen LogP) is 3.19. The van der Waals surface area contributed by atoms with Gasteiger partial charge in [0.1, 0.15) is 0 Å². The van der Waals surface area contributed by atoms with Gasteiger partial charge in [0.2, 0.25) is 0 Å². The van der Waals surface area contributed by atoms with E-state index in [1.165, 1.54) is 5.69 Å². The van der Waals surface area contributed by atoms with Crippen LogP contribution in [0.4, 0.5) is 5.69 Å². The lowest BCUT2D eigenvalue weighted by Gasteiger charge is -2.25. The number of rotatable bonds is 1. The van der Waals surface area contributed by atoms with Crippen molar-refractivity contribution in [3.63, 3.8) is 0 Å². The molecule has 78 valence electrons. The van der Waals surface area contributed by atoms with Gasteiger partial charge in [-0.3, -0.25) is 0 Å². The summed E-state index contributed by atoms with van der Waals surface area (Å²) in [4.78, 5) is 2.30. The molecule has 0 radical (unpaired) electrons. The monoisotopic (exact) mass is 264 g/mol. The molecule has 0 bridgehead atoms. The largest absolute Gasteiger partial charge is 0.367 e. The highest BCUT2D eigenvalue weighted by Crippen LogP contribution is 2.33. The second-order valence-electron chi connectivity index (χ2n) is 3.91. The standard InChI is InChI=1S/C12H13BrN2/c1-9-10(8-14)6-7-15(9)12-5-3-2-4-11(12)13/h2-5,9-10H,6-7H2,1H3. The molecule has 0 spiro atoms. The lowest BCUT2D eigenvalue weighted by Crippen LogP contribution is -2.29. The van der Waals surface area contributed by atoms with Crippen molar-refractivity contribution in [3.8, 4) is 6.07 Å². The quantitative estimate of drug-likeness (QED) is 0.779. The third-order valence-electron chi connectivity index (χ3n) is 3.08. The van der Waals surface area contributed by atoms with E-state index in [2.05, 4.69) is 39.9 Å². The average molecular weight is 265 g/mol. The van der Waals surface area contributed by atoms with Crippen LogP contribution in [0.1, 0.15) is 13.3 Å². The highest BCUT2D eigenvalue weighted by Gasteiger charge is 2.31. The molecular weight excluding hydrogens is 252 g/mol. The smallest absolute Gasteiger partial charge is 0.0681 e. The van der Waals surface area contributed by atoms with Gasteiger partial charge < -0.3 is 4.90 Å². The first-order valence-corrected chi connectivity index (χ1v) is 5.94. The molecule has 2 atom stereocenters. The first kappa shape index (κ1) is 10.5. The van der Waals surface area contributed by atoms with Gasteiger partial charge in [0.15, 0.2) is 0 Å². The Kier molecular flexibility index (Phi) is 2.97. The molecule has 1 aliphatic heterocycles. The highest BCUT2D eigenvalue weighted by atomic mass is 79.9. The molecule has 0 amide bonds. The van der Waals surface area contributed by atoms with Crippen LogP contribution in [0.25, 0.3) is 0 Å². The summed E-state index contributed by atoms with van der Waals surface area (Å²) in [5.74, 6) is 0.164. The number of nitrogens with zero attached hydrogens (tertiary/aromatic N) is 2. The van der Waals surface area contributed by atoms with Crippen LogP contribution in [0.5, 0.6) is 0 Å². The minimum absolute atomic E-state index is 0.164. The molecule has 2 rings (SSSR count). The Bertz CT molecular complexity index is 397. The zero-order chi connectivity index (χ0) is 10.8. The van der Waals surface area contributed by atoms with Gasteiger partial charge in [0.25, 0.3) is 0 Å². The molecule has 1 fully saturated rings. The van der Waals surface area contributed by atoms with Crippen molar-refractivity contribution in [3.05, 3.63) is 28.7 Å². The summed E-state index contributed by atoms with van der Waals surface area (Å²) in [6.45, 7) is 3.10. The van der Waals surface area contributed by atoms with E-state index in [9.17, 15) is 0 Å². The van der Waals surface area contributed by atoms with E-state index in [1.54, 1.807) is 0 Å². The van der Waals surface area contributed by atoms with Crippen molar-refractivity contribution < 1.29 is 0 Å². The topological polar surface area (TPSA) is 27.0 Å². The van der Waals surface area contributed by atoms with Crippen molar-refractivity contribution in [2.75, 3.05) is 11.4 Å². The Balaban J connectivity index is 2.27. The summed E-state index contributed by atoms with van der Waals surface area (Å²) in [5, 5.41) is 8.98. The van der Waals surface area contributed by atoms with Gasteiger partial charge in [-0.1, -0.05) is 12.1 Å². The maximum Gasteiger partial charge on any atom is 0.0681 e. The molecule has 1 aliphatic rings. The van der Waals surface area contributed by atoms with Crippen LogP contribution < -0.4 is 4.90 Å². The predicted molar refractivity (Wildman–Crippen MR) is 64.7 cm³/mol. The Hall–Kier alpha value is -1.01. The fourth-order valence-electron chi connectivity index (χ4n) is 2.14. The van der Waals surface area contributed by atoms with Gasteiger partial charge in [-0.05, 0) is 41.4 Å². The fraction of sp³-hybridized carbons (Fsp3) is 0.417. The molecule has 1 heterocycles. The number of hydrogen-bond donors (Lipinski definition) is 0. The normalized spacial score (nSPS) is 25.3. The molecule has 1 saturated heterocycles. The molecule has 1 aromatic rings. The molecule has 1 aromatic carbocycles. The van der Waals surface area contributed by atoms with Crippen molar-refractivity contribution in [1.29, 1.82) is 5.26 Å². The summed E-state index contributed by atoms with van der Waals surface area (Å²) in [6.07, 6.45) is 0.971. The van der Waals surface area contributed by atoms with Gasteiger partial charge in [-0.25, -0.2) is 0 Å². The third-order valence-corrected chi connectivity index (χ3v) is 3.75. The van der Waals surface area contributed by atoms with Gasteiger partial charge in [-0.15, -0.1) is 0 Å². The van der Waals surface area contributed by atoms with Crippen LogP contribution in [-0.4, -0.2) is 12.6 Å². The summed E-state index contributed by atoms with van der Waals surface area (Å²) in [5.41, 5.74) is 1.20. The molecular formula is C12H13BrN2. The van der Waals surface area contributed by atoms with Crippen LogP contribution in [0.3, 0.4) is 0 Å². The van der Waals surface area contributed by atoms with Crippen molar-refractivity contribution in [2.24, 2.45) is 5.92 Å².